The van der Waals surface area contributed by atoms with Crippen molar-refractivity contribution in [2.24, 2.45) is 5.92 Å². The van der Waals surface area contributed by atoms with Gasteiger partial charge in [0.1, 0.15) is 11.5 Å². The van der Waals surface area contributed by atoms with Crippen LogP contribution in [-0.2, 0) is 4.79 Å². The fraction of sp³-hybridized carbons (Fsp3) is 0.500. The summed E-state index contributed by atoms with van der Waals surface area (Å²) in [5, 5.41) is 0. The monoisotopic (exact) mass is 236 g/mol. The van der Waals surface area contributed by atoms with Crippen LogP contribution in [0.2, 0.25) is 0 Å². The Balaban J connectivity index is 2.01. The molecule has 5 heteroatoms. The van der Waals surface area contributed by atoms with E-state index in [1.165, 1.54) is 0 Å². The molecule has 1 fully saturated rings. The summed E-state index contributed by atoms with van der Waals surface area (Å²) in [6, 6.07) is 0. The molecule has 1 aromatic heterocycles. The minimum Gasteiger partial charge on any atom is -0.466 e. The SMILES string of the molecule is Cc1oc(C)c(C(=O)NNC(=O)C2CC2)c1C. The van der Waals surface area contributed by atoms with E-state index >= 15 is 0 Å². The molecule has 0 atom stereocenters. The zero-order valence-electron chi connectivity index (χ0n) is 10.2. The van der Waals surface area contributed by atoms with E-state index in [1.54, 1.807) is 6.92 Å². The number of nitrogens with one attached hydrogen (secondary N) is 2. The van der Waals surface area contributed by atoms with Gasteiger partial charge < -0.3 is 4.42 Å². The molecule has 0 aliphatic heterocycles. The number of hydrogen-bond donors (Lipinski definition) is 2. The first-order valence-electron chi connectivity index (χ1n) is 5.67. The van der Waals surface area contributed by atoms with Gasteiger partial charge in [-0.25, -0.2) is 0 Å². The van der Waals surface area contributed by atoms with Crippen molar-refractivity contribution < 1.29 is 14.0 Å². The predicted molar refractivity (Wildman–Crippen MR) is 61.3 cm³/mol. The molecule has 2 amide bonds. The van der Waals surface area contributed by atoms with Gasteiger partial charge in [0.15, 0.2) is 0 Å². The third-order valence-electron chi connectivity index (χ3n) is 3.04. The second-order valence-electron chi connectivity index (χ2n) is 4.43. The van der Waals surface area contributed by atoms with Gasteiger partial charge in [0.05, 0.1) is 5.56 Å². The van der Waals surface area contributed by atoms with Crippen LogP contribution in [-0.4, -0.2) is 11.8 Å². The molecule has 17 heavy (non-hydrogen) atoms. The van der Waals surface area contributed by atoms with Crippen molar-refractivity contribution in [2.75, 3.05) is 0 Å². The Bertz CT molecular complexity index is 472. The summed E-state index contributed by atoms with van der Waals surface area (Å²) in [4.78, 5) is 23.2. The van der Waals surface area contributed by atoms with Gasteiger partial charge in [-0.3, -0.25) is 20.4 Å². The van der Waals surface area contributed by atoms with Gasteiger partial charge in [0.25, 0.3) is 5.91 Å². The normalized spacial score (nSPS) is 14.5. The van der Waals surface area contributed by atoms with Crippen LogP contribution in [0.1, 0.15) is 40.3 Å². The molecular weight excluding hydrogens is 220 g/mol. The summed E-state index contributed by atoms with van der Waals surface area (Å²) < 4.78 is 5.36. The number of carbonyl (C=O) groups excluding carboxylic acids is 2. The number of carbonyl (C=O) groups is 2. The van der Waals surface area contributed by atoms with Crippen LogP contribution in [0.25, 0.3) is 0 Å². The molecule has 92 valence electrons. The first kappa shape index (κ1) is 11.7. The summed E-state index contributed by atoms with van der Waals surface area (Å²) in [7, 11) is 0. The molecule has 0 unspecified atom stereocenters. The maximum Gasteiger partial charge on any atom is 0.273 e. The Kier molecular flexibility index (Phi) is 2.92. The Labute approximate surface area is 99.5 Å². The predicted octanol–water partition coefficient (Wildman–Crippen LogP) is 1.38. The number of amides is 2. The van der Waals surface area contributed by atoms with E-state index in [1.807, 2.05) is 13.8 Å². The van der Waals surface area contributed by atoms with E-state index in [2.05, 4.69) is 10.9 Å². The van der Waals surface area contributed by atoms with Crippen molar-refractivity contribution in [3.8, 4) is 0 Å². The van der Waals surface area contributed by atoms with Crippen molar-refractivity contribution in [1.29, 1.82) is 0 Å². The molecule has 1 aromatic rings. The molecule has 2 rings (SSSR count). The maximum atomic E-state index is 11.9. The average molecular weight is 236 g/mol. The van der Waals surface area contributed by atoms with Crippen LogP contribution in [0.3, 0.4) is 0 Å². The molecule has 1 saturated carbocycles. The summed E-state index contributed by atoms with van der Waals surface area (Å²) in [6.07, 6.45) is 1.81. The minimum absolute atomic E-state index is 0.0728. The summed E-state index contributed by atoms with van der Waals surface area (Å²) in [5.74, 6) is 0.919. The minimum atomic E-state index is -0.328. The fourth-order valence-corrected chi connectivity index (χ4v) is 1.76. The first-order valence-corrected chi connectivity index (χ1v) is 5.67. The lowest BCUT2D eigenvalue weighted by atomic mass is 10.1. The quantitative estimate of drug-likeness (QED) is 0.762. The highest BCUT2D eigenvalue weighted by molar-refractivity contribution is 5.98. The molecule has 0 spiro atoms. The van der Waals surface area contributed by atoms with Gasteiger partial charge in [0.2, 0.25) is 5.91 Å². The Morgan fingerprint density at radius 3 is 2.24 bits per heavy atom. The van der Waals surface area contributed by atoms with Crippen LogP contribution in [0, 0.1) is 26.7 Å². The highest BCUT2D eigenvalue weighted by Gasteiger charge is 2.30. The van der Waals surface area contributed by atoms with Crippen LogP contribution < -0.4 is 10.9 Å². The number of aryl methyl sites for hydroxylation is 2. The van der Waals surface area contributed by atoms with Crippen molar-refractivity contribution >= 4 is 11.8 Å². The smallest absolute Gasteiger partial charge is 0.273 e. The van der Waals surface area contributed by atoms with Crippen LogP contribution in [0.5, 0.6) is 0 Å². The highest BCUT2D eigenvalue weighted by Crippen LogP contribution is 2.28. The van der Waals surface area contributed by atoms with Gasteiger partial charge in [-0.05, 0) is 33.6 Å². The zero-order valence-corrected chi connectivity index (χ0v) is 10.2. The lowest BCUT2D eigenvalue weighted by Crippen LogP contribution is -2.42. The van der Waals surface area contributed by atoms with Gasteiger partial charge in [-0.15, -0.1) is 0 Å². The van der Waals surface area contributed by atoms with E-state index in [0.717, 1.165) is 24.2 Å². The molecule has 0 radical (unpaired) electrons. The highest BCUT2D eigenvalue weighted by atomic mass is 16.3. The van der Waals surface area contributed by atoms with E-state index in [4.69, 9.17) is 4.42 Å². The van der Waals surface area contributed by atoms with E-state index in [-0.39, 0.29) is 17.7 Å². The molecule has 1 aliphatic carbocycles. The molecule has 0 aromatic carbocycles. The maximum absolute atomic E-state index is 11.9. The second-order valence-corrected chi connectivity index (χ2v) is 4.43. The largest absolute Gasteiger partial charge is 0.466 e. The first-order chi connectivity index (χ1) is 8.00. The molecule has 1 aliphatic rings. The zero-order chi connectivity index (χ0) is 12.6. The standard InChI is InChI=1S/C12H16N2O3/c1-6-7(2)17-8(3)10(6)12(16)14-13-11(15)9-4-5-9/h9H,4-5H2,1-3H3,(H,13,15)(H,14,16). The second kappa shape index (κ2) is 4.24. The molecule has 0 bridgehead atoms. The van der Waals surface area contributed by atoms with Crippen molar-refractivity contribution in [2.45, 2.75) is 33.6 Å². The van der Waals surface area contributed by atoms with Crippen molar-refractivity contribution in [3.05, 3.63) is 22.6 Å². The summed E-state index contributed by atoms with van der Waals surface area (Å²) in [6.45, 7) is 5.36. The number of hydrogen-bond acceptors (Lipinski definition) is 3. The number of rotatable bonds is 2. The third kappa shape index (κ3) is 2.33. The molecule has 1 heterocycles. The van der Waals surface area contributed by atoms with Gasteiger partial charge in [-0.1, -0.05) is 0 Å². The van der Waals surface area contributed by atoms with Crippen LogP contribution in [0.15, 0.2) is 4.42 Å². The molecule has 5 nitrogen and oxygen atoms in total. The van der Waals surface area contributed by atoms with E-state index < -0.39 is 0 Å². The molecular formula is C12H16N2O3. The van der Waals surface area contributed by atoms with Gasteiger partial charge >= 0.3 is 0 Å². The summed E-state index contributed by atoms with van der Waals surface area (Å²) in [5.41, 5.74) is 6.15. The number of furan rings is 1. The fourth-order valence-electron chi connectivity index (χ4n) is 1.76. The lowest BCUT2D eigenvalue weighted by Gasteiger charge is -2.06. The Morgan fingerprint density at radius 1 is 1.12 bits per heavy atom. The Morgan fingerprint density at radius 2 is 1.76 bits per heavy atom. The third-order valence-corrected chi connectivity index (χ3v) is 3.04. The van der Waals surface area contributed by atoms with Crippen molar-refractivity contribution in [3.63, 3.8) is 0 Å². The number of hydrazine groups is 1. The molecule has 0 saturated heterocycles. The van der Waals surface area contributed by atoms with Gasteiger partial charge in [-0.2, -0.15) is 0 Å². The van der Waals surface area contributed by atoms with Crippen LogP contribution in [0.4, 0.5) is 0 Å². The summed E-state index contributed by atoms with van der Waals surface area (Å²) >= 11 is 0. The topological polar surface area (TPSA) is 71.3 Å². The Hall–Kier alpha value is -1.78. The lowest BCUT2D eigenvalue weighted by molar-refractivity contribution is -0.123. The van der Waals surface area contributed by atoms with Crippen LogP contribution >= 0.6 is 0 Å². The van der Waals surface area contributed by atoms with Gasteiger partial charge in [0, 0.05) is 11.5 Å². The average Bonchev–Trinajstić information content (AvgIpc) is 3.06. The van der Waals surface area contributed by atoms with Crippen molar-refractivity contribution in [1.82, 2.24) is 10.9 Å². The van der Waals surface area contributed by atoms with E-state index in [9.17, 15) is 9.59 Å². The van der Waals surface area contributed by atoms with E-state index in [0.29, 0.717) is 11.3 Å². The molecule has 2 N–H and O–H groups in total.